The summed E-state index contributed by atoms with van der Waals surface area (Å²) in [6, 6.07) is 12.2. The van der Waals surface area contributed by atoms with Gasteiger partial charge in [-0.2, -0.15) is 0 Å². The molecule has 27 heavy (non-hydrogen) atoms. The summed E-state index contributed by atoms with van der Waals surface area (Å²) in [6.45, 7) is 5.36. The predicted molar refractivity (Wildman–Crippen MR) is 105 cm³/mol. The van der Waals surface area contributed by atoms with E-state index < -0.39 is 6.10 Å². The number of rotatable bonds is 11. The van der Waals surface area contributed by atoms with E-state index in [1.165, 1.54) is 12.1 Å². The molecular formula is C22H28FNO3. The molecule has 0 aliphatic rings. The number of aliphatic hydroxyl groups excluding tert-OH is 1. The molecule has 0 aliphatic carbocycles. The maximum atomic E-state index is 13.2. The Balaban J connectivity index is 2.20. The van der Waals surface area contributed by atoms with E-state index in [9.17, 15) is 9.50 Å². The van der Waals surface area contributed by atoms with Crippen molar-refractivity contribution in [3.8, 4) is 11.5 Å². The second-order valence-corrected chi connectivity index (χ2v) is 6.47. The lowest BCUT2D eigenvalue weighted by atomic mass is 10.1. The summed E-state index contributed by atoms with van der Waals surface area (Å²) in [7, 11) is 3.22. The molecule has 0 unspecified atom stereocenters. The highest BCUT2D eigenvalue weighted by Gasteiger charge is 2.17. The van der Waals surface area contributed by atoms with Crippen molar-refractivity contribution in [2.45, 2.75) is 32.0 Å². The van der Waals surface area contributed by atoms with Gasteiger partial charge in [-0.05, 0) is 36.6 Å². The van der Waals surface area contributed by atoms with E-state index in [-0.39, 0.29) is 5.82 Å². The van der Waals surface area contributed by atoms with Gasteiger partial charge in [-0.25, -0.2) is 4.39 Å². The number of allylic oxidation sites excluding steroid dienone is 1. The zero-order valence-corrected chi connectivity index (χ0v) is 16.0. The molecule has 1 atom stereocenters. The summed E-state index contributed by atoms with van der Waals surface area (Å²) in [5.74, 6) is 1.10. The largest absolute Gasteiger partial charge is 0.493 e. The van der Waals surface area contributed by atoms with Crippen molar-refractivity contribution in [3.05, 3.63) is 72.1 Å². The van der Waals surface area contributed by atoms with Crippen LogP contribution in [0.2, 0.25) is 0 Å². The van der Waals surface area contributed by atoms with Crippen LogP contribution in [0.5, 0.6) is 11.5 Å². The smallest absolute Gasteiger partial charge is 0.165 e. The molecule has 0 amide bonds. The Hall–Kier alpha value is -2.37. The van der Waals surface area contributed by atoms with Crippen LogP contribution >= 0.6 is 0 Å². The van der Waals surface area contributed by atoms with Gasteiger partial charge in [0.15, 0.2) is 11.5 Å². The molecule has 4 nitrogen and oxygen atoms in total. The number of ether oxygens (including phenoxy) is 2. The lowest BCUT2D eigenvalue weighted by Crippen LogP contribution is -2.32. The monoisotopic (exact) mass is 373 g/mol. The van der Waals surface area contributed by atoms with Crippen LogP contribution in [0.15, 0.2) is 55.1 Å². The van der Waals surface area contributed by atoms with Gasteiger partial charge in [0.25, 0.3) is 0 Å². The topological polar surface area (TPSA) is 41.9 Å². The summed E-state index contributed by atoms with van der Waals surface area (Å²) < 4.78 is 24.1. The minimum atomic E-state index is -0.472. The molecule has 1 N–H and O–H groups in total. The fourth-order valence-corrected chi connectivity index (χ4v) is 3.05. The second-order valence-electron chi connectivity index (χ2n) is 6.47. The molecule has 2 aromatic carbocycles. The Morgan fingerprint density at radius 1 is 1.11 bits per heavy atom. The first-order valence-electron chi connectivity index (χ1n) is 9.03. The first-order chi connectivity index (χ1) is 13.1. The number of benzene rings is 2. The fraction of sp³-hybridized carbons (Fsp3) is 0.364. The maximum absolute atomic E-state index is 13.2. The van der Waals surface area contributed by atoms with Crippen LogP contribution in [0.1, 0.15) is 24.0 Å². The van der Waals surface area contributed by atoms with E-state index in [4.69, 9.17) is 9.47 Å². The average molecular weight is 373 g/mol. The Kier molecular flexibility index (Phi) is 8.30. The van der Waals surface area contributed by atoms with Crippen LogP contribution in [-0.4, -0.2) is 36.9 Å². The fourth-order valence-electron chi connectivity index (χ4n) is 3.05. The van der Waals surface area contributed by atoms with E-state index in [0.717, 1.165) is 17.5 Å². The molecule has 0 bridgehead atoms. The average Bonchev–Trinajstić information content (AvgIpc) is 2.67. The highest BCUT2D eigenvalue weighted by Crippen LogP contribution is 2.31. The number of hydrogen-bond donors (Lipinski definition) is 1. The number of hydrogen-bond acceptors (Lipinski definition) is 4. The van der Waals surface area contributed by atoms with Gasteiger partial charge in [0.05, 0.1) is 20.3 Å². The van der Waals surface area contributed by atoms with Crippen molar-refractivity contribution < 1.29 is 19.0 Å². The van der Waals surface area contributed by atoms with Crippen LogP contribution in [0.3, 0.4) is 0 Å². The van der Waals surface area contributed by atoms with Crippen molar-refractivity contribution in [1.82, 2.24) is 4.90 Å². The van der Waals surface area contributed by atoms with E-state index in [0.29, 0.717) is 37.6 Å². The molecule has 146 valence electrons. The third-order valence-electron chi connectivity index (χ3n) is 4.37. The van der Waals surface area contributed by atoms with Crippen molar-refractivity contribution in [2.24, 2.45) is 0 Å². The Labute approximate surface area is 160 Å². The molecule has 0 radical (unpaired) electrons. The minimum Gasteiger partial charge on any atom is -0.493 e. The van der Waals surface area contributed by atoms with Crippen LogP contribution in [0.4, 0.5) is 4.39 Å². The Bertz CT molecular complexity index is 718. The number of halogens is 1. The van der Waals surface area contributed by atoms with E-state index >= 15 is 0 Å². The summed E-state index contributed by atoms with van der Waals surface area (Å²) in [6.07, 6.45) is 2.74. The molecule has 0 saturated carbocycles. The molecule has 0 spiro atoms. The van der Waals surface area contributed by atoms with Crippen molar-refractivity contribution >= 4 is 0 Å². The van der Waals surface area contributed by atoms with E-state index in [1.54, 1.807) is 32.4 Å². The van der Waals surface area contributed by atoms with Gasteiger partial charge in [0.1, 0.15) is 5.82 Å². The van der Waals surface area contributed by atoms with Crippen LogP contribution in [0, 0.1) is 5.82 Å². The first-order valence-corrected chi connectivity index (χ1v) is 9.03. The lowest BCUT2D eigenvalue weighted by Gasteiger charge is -2.26. The zero-order valence-electron chi connectivity index (χ0n) is 16.0. The normalized spacial score (nSPS) is 12.0. The van der Waals surface area contributed by atoms with Gasteiger partial charge in [-0.3, -0.25) is 4.90 Å². The molecule has 0 fully saturated rings. The summed E-state index contributed by atoms with van der Waals surface area (Å²) in [5, 5.41) is 10.4. The SMILES string of the molecule is C=CCC[C@H](O)CN(Cc1ccc(F)cc1)Cc1cccc(OC)c1OC. The van der Waals surface area contributed by atoms with E-state index in [2.05, 4.69) is 11.5 Å². The van der Waals surface area contributed by atoms with Gasteiger partial charge < -0.3 is 14.6 Å². The molecule has 5 heteroatoms. The standard InChI is InChI=1S/C22H28FNO3/c1-4-5-8-20(25)16-24(14-17-10-12-19(23)13-11-17)15-18-7-6-9-21(26-2)22(18)27-3/h4,6-7,9-13,20,25H,1,5,8,14-16H2,2-3H3/t20-/m0/s1. The van der Waals surface area contributed by atoms with Crippen molar-refractivity contribution in [2.75, 3.05) is 20.8 Å². The number of nitrogens with zero attached hydrogens (tertiary/aromatic N) is 1. The summed E-state index contributed by atoms with van der Waals surface area (Å²) in [5.41, 5.74) is 1.95. The molecular weight excluding hydrogens is 345 g/mol. The third kappa shape index (κ3) is 6.38. The molecule has 2 aromatic rings. The van der Waals surface area contributed by atoms with Gasteiger partial charge >= 0.3 is 0 Å². The van der Waals surface area contributed by atoms with Crippen LogP contribution < -0.4 is 9.47 Å². The summed E-state index contributed by atoms with van der Waals surface area (Å²) >= 11 is 0. The lowest BCUT2D eigenvalue weighted by molar-refractivity contribution is 0.0978. The number of aliphatic hydroxyl groups is 1. The minimum absolute atomic E-state index is 0.259. The quantitative estimate of drug-likeness (QED) is 0.600. The summed E-state index contributed by atoms with van der Waals surface area (Å²) in [4.78, 5) is 2.12. The highest BCUT2D eigenvalue weighted by molar-refractivity contribution is 5.46. The molecule has 0 aliphatic heterocycles. The third-order valence-corrected chi connectivity index (χ3v) is 4.37. The molecule has 0 aromatic heterocycles. The number of para-hydroxylation sites is 1. The second kappa shape index (κ2) is 10.7. The number of methoxy groups -OCH3 is 2. The van der Waals surface area contributed by atoms with Gasteiger partial charge in [-0.15, -0.1) is 6.58 Å². The predicted octanol–water partition coefficient (Wildman–Crippen LogP) is 4.17. The molecule has 0 heterocycles. The van der Waals surface area contributed by atoms with E-state index in [1.807, 2.05) is 18.2 Å². The van der Waals surface area contributed by atoms with Gasteiger partial charge in [0.2, 0.25) is 0 Å². The first kappa shape index (κ1) is 20.9. The molecule has 2 rings (SSSR count). The Morgan fingerprint density at radius 3 is 2.48 bits per heavy atom. The van der Waals surface area contributed by atoms with Crippen LogP contribution in [-0.2, 0) is 13.1 Å². The van der Waals surface area contributed by atoms with Crippen LogP contribution in [0.25, 0.3) is 0 Å². The zero-order chi connectivity index (χ0) is 19.6. The Morgan fingerprint density at radius 2 is 1.85 bits per heavy atom. The van der Waals surface area contributed by atoms with Crippen molar-refractivity contribution in [3.63, 3.8) is 0 Å². The molecule has 0 saturated heterocycles. The van der Waals surface area contributed by atoms with Gasteiger partial charge in [-0.1, -0.05) is 30.3 Å². The highest BCUT2D eigenvalue weighted by atomic mass is 19.1. The van der Waals surface area contributed by atoms with Crippen molar-refractivity contribution in [1.29, 1.82) is 0 Å². The maximum Gasteiger partial charge on any atom is 0.165 e. The van der Waals surface area contributed by atoms with Gasteiger partial charge in [0, 0.05) is 25.2 Å².